The van der Waals surface area contributed by atoms with Crippen molar-refractivity contribution >= 4 is 28.3 Å². The van der Waals surface area contributed by atoms with Gasteiger partial charge in [0.1, 0.15) is 0 Å². The highest BCUT2D eigenvalue weighted by Crippen LogP contribution is 2.33. The molecule has 0 heterocycles. The molecule has 1 atom stereocenters. The summed E-state index contributed by atoms with van der Waals surface area (Å²) in [4.78, 5) is 11.5. The van der Waals surface area contributed by atoms with Crippen LogP contribution in [-0.4, -0.2) is 11.1 Å². The number of carboxylic acids is 1. The van der Waals surface area contributed by atoms with E-state index in [0.717, 1.165) is 21.9 Å². The molecule has 0 spiro atoms. The summed E-state index contributed by atoms with van der Waals surface area (Å²) >= 11 is 6.13. The van der Waals surface area contributed by atoms with E-state index in [0.29, 0.717) is 10.6 Å². The van der Waals surface area contributed by atoms with Crippen LogP contribution < -0.4 is 0 Å². The maximum absolute atomic E-state index is 11.5. The number of benzene rings is 3. The van der Waals surface area contributed by atoms with Crippen LogP contribution in [0.4, 0.5) is 0 Å². The number of carbonyl (C=O) groups is 1. The molecule has 110 valence electrons. The lowest BCUT2D eigenvalue weighted by Gasteiger charge is -2.17. The average Bonchev–Trinajstić information content (AvgIpc) is 2.53. The summed E-state index contributed by atoms with van der Waals surface area (Å²) in [6, 6.07) is 19.0. The maximum Gasteiger partial charge on any atom is 0.335 e. The zero-order chi connectivity index (χ0) is 15.7. The van der Waals surface area contributed by atoms with Crippen molar-refractivity contribution in [3.05, 3.63) is 82.4 Å². The lowest BCUT2D eigenvalue weighted by Crippen LogP contribution is -2.06. The van der Waals surface area contributed by atoms with Crippen LogP contribution in [0.2, 0.25) is 5.02 Å². The van der Waals surface area contributed by atoms with E-state index in [1.807, 2.05) is 55.5 Å². The molecule has 0 aliphatic rings. The van der Waals surface area contributed by atoms with Crippen LogP contribution in [-0.2, 0) is 0 Å². The standard InChI is InChI=1S/C19H15ClO2/c1-12(15-6-2-3-7-17(15)19(21)22)16-8-4-5-13-9-10-14(20)11-18(13)16/h2-12H,1H3,(H,21,22)/t12-/m0/s1. The van der Waals surface area contributed by atoms with Crippen molar-refractivity contribution < 1.29 is 9.90 Å². The van der Waals surface area contributed by atoms with Crippen molar-refractivity contribution in [1.82, 2.24) is 0 Å². The summed E-state index contributed by atoms with van der Waals surface area (Å²) in [7, 11) is 0. The Labute approximate surface area is 134 Å². The summed E-state index contributed by atoms with van der Waals surface area (Å²) in [5, 5.41) is 12.2. The molecular weight excluding hydrogens is 296 g/mol. The number of fused-ring (bicyclic) bond motifs is 1. The van der Waals surface area contributed by atoms with Crippen molar-refractivity contribution in [2.45, 2.75) is 12.8 Å². The second kappa shape index (κ2) is 5.82. The van der Waals surface area contributed by atoms with Crippen LogP contribution in [0.25, 0.3) is 10.8 Å². The number of aromatic carboxylic acids is 1. The van der Waals surface area contributed by atoms with Crippen LogP contribution >= 0.6 is 11.6 Å². The third kappa shape index (κ3) is 2.58. The Hall–Kier alpha value is -2.32. The van der Waals surface area contributed by atoms with Crippen LogP contribution in [0, 0.1) is 0 Å². The van der Waals surface area contributed by atoms with Crippen molar-refractivity contribution in [3.63, 3.8) is 0 Å². The van der Waals surface area contributed by atoms with Gasteiger partial charge in [0.15, 0.2) is 0 Å². The van der Waals surface area contributed by atoms with Crippen LogP contribution in [0.1, 0.15) is 34.3 Å². The molecule has 2 nitrogen and oxygen atoms in total. The van der Waals surface area contributed by atoms with E-state index < -0.39 is 5.97 Å². The summed E-state index contributed by atoms with van der Waals surface area (Å²) < 4.78 is 0. The van der Waals surface area contributed by atoms with E-state index in [1.165, 1.54) is 0 Å². The van der Waals surface area contributed by atoms with Crippen LogP contribution in [0.5, 0.6) is 0 Å². The van der Waals surface area contributed by atoms with Crippen molar-refractivity contribution in [1.29, 1.82) is 0 Å². The lowest BCUT2D eigenvalue weighted by atomic mass is 9.87. The molecule has 0 bridgehead atoms. The fourth-order valence-electron chi connectivity index (χ4n) is 2.88. The molecule has 0 amide bonds. The van der Waals surface area contributed by atoms with E-state index >= 15 is 0 Å². The Morgan fingerprint density at radius 3 is 2.50 bits per heavy atom. The van der Waals surface area contributed by atoms with Crippen molar-refractivity contribution in [2.75, 3.05) is 0 Å². The predicted octanol–water partition coefficient (Wildman–Crippen LogP) is 5.34. The van der Waals surface area contributed by atoms with Gasteiger partial charge in [-0.05, 0) is 40.1 Å². The minimum Gasteiger partial charge on any atom is -0.478 e. The molecular formula is C19H15ClO2. The molecule has 1 N–H and O–H groups in total. The number of carboxylic acid groups (broad SMARTS) is 1. The highest BCUT2D eigenvalue weighted by atomic mass is 35.5. The molecule has 3 aromatic rings. The first kappa shape index (κ1) is 14.6. The van der Waals surface area contributed by atoms with Gasteiger partial charge in [0, 0.05) is 10.9 Å². The molecule has 0 fully saturated rings. The first-order valence-electron chi connectivity index (χ1n) is 7.08. The summed E-state index contributed by atoms with van der Waals surface area (Å²) in [5.41, 5.74) is 2.23. The fraction of sp³-hybridized carbons (Fsp3) is 0.105. The molecule has 3 heteroatoms. The van der Waals surface area contributed by atoms with Gasteiger partial charge in [-0.3, -0.25) is 0 Å². The molecule has 0 aliphatic carbocycles. The highest BCUT2D eigenvalue weighted by molar-refractivity contribution is 6.31. The first-order valence-corrected chi connectivity index (χ1v) is 7.46. The second-order valence-electron chi connectivity index (χ2n) is 5.33. The van der Waals surface area contributed by atoms with Crippen LogP contribution in [0.3, 0.4) is 0 Å². The van der Waals surface area contributed by atoms with E-state index in [-0.39, 0.29) is 5.92 Å². The third-order valence-corrected chi connectivity index (χ3v) is 4.24. The molecule has 0 aromatic heterocycles. The molecule has 0 saturated heterocycles. The molecule has 22 heavy (non-hydrogen) atoms. The zero-order valence-electron chi connectivity index (χ0n) is 12.1. The van der Waals surface area contributed by atoms with Crippen LogP contribution in [0.15, 0.2) is 60.7 Å². The van der Waals surface area contributed by atoms with E-state index in [9.17, 15) is 9.90 Å². The monoisotopic (exact) mass is 310 g/mol. The molecule has 0 aliphatic heterocycles. The largest absolute Gasteiger partial charge is 0.478 e. The SMILES string of the molecule is C[C@@H](c1ccccc1C(=O)O)c1cccc2ccc(Cl)cc12. The normalized spacial score (nSPS) is 12.3. The van der Waals surface area contributed by atoms with Gasteiger partial charge in [0.25, 0.3) is 0 Å². The molecule has 0 saturated carbocycles. The Balaban J connectivity index is 2.20. The number of hydrogen-bond acceptors (Lipinski definition) is 1. The van der Waals surface area contributed by atoms with E-state index in [2.05, 4.69) is 0 Å². The number of halogens is 1. The van der Waals surface area contributed by atoms with Gasteiger partial charge in [-0.25, -0.2) is 4.79 Å². The Morgan fingerprint density at radius 2 is 1.73 bits per heavy atom. The number of rotatable bonds is 3. The predicted molar refractivity (Wildman–Crippen MR) is 89.9 cm³/mol. The first-order chi connectivity index (χ1) is 10.6. The average molecular weight is 311 g/mol. The van der Waals surface area contributed by atoms with Gasteiger partial charge < -0.3 is 5.11 Å². The molecule has 3 rings (SSSR count). The summed E-state index contributed by atoms with van der Waals surface area (Å²) in [6.07, 6.45) is 0. The van der Waals surface area contributed by atoms with E-state index in [4.69, 9.17) is 11.6 Å². The maximum atomic E-state index is 11.5. The quantitative estimate of drug-likeness (QED) is 0.708. The summed E-state index contributed by atoms with van der Waals surface area (Å²) in [5.74, 6) is -0.935. The van der Waals surface area contributed by atoms with Gasteiger partial charge in [-0.2, -0.15) is 0 Å². The number of hydrogen-bond donors (Lipinski definition) is 1. The van der Waals surface area contributed by atoms with Gasteiger partial charge in [-0.1, -0.05) is 61.0 Å². The van der Waals surface area contributed by atoms with Gasteiger partial charge in [-0.15, -0.1) is 0 Å². The highest BCUT2D eigenvalue weighted by Gasteiger charge is 2.18. The summed E-state index contributed by atoms with van der Waals surface area (Å²) in [6.45, 7) is 2.03. The van der Waals surface area contributed by atoms with Crippen molar-refractivity contribution in [3.8, 4) is 0 Å². The van der Waals surface area contributed by atoms with E-state index in [1.54, 1.807) is 12.1 Å². The topological polar surface area (TPSA) is 37.3 Å². The Kier molecular flexibility index (Phi) is 3.86. The van der Waals surface area contributed by atoms with Crippen molar-refractivity contribution in [2.24, 2.45) is 0 Å². The molecule has 3 aromatic carbocycles. The smallest absolute Gasteiger partial charge is 0.335 e. The van der Waals surface area contributed by atoms with Gasteiger partial charge >= 0.3 is 5.97 Å². The zero-order valence-corrected chi connectivity index (χ0v) is 12.8. The lowest BCUT2D eigenvalue weighted by molar-refractivity contribution is 0.0695. The van der Waals surface area contributed by atoms with Gasteiger partial charge in [0.2, 0.25) is 0 Å². The minimum absolute atomic E-state index is 0.0329. The second-order valence-corrected chi connectivity index (χ2v) is 5.76. The fourth-order valence-corrected chi connectivity index (χ4v) is 3.06. The Bertz CT molecular complexity index is 855. The Morgan fingerprint density at radius 1 is 1.00 bits per heavy atom. The molecule has 0 unspecified atom stereocenters. The minimum atomic E-state index is -0.902. The third-order valence-electron chi connectivity index (χ3n) is 4.00. The molecule has 0 radical (unpaired) electrons. The van der Waals surface area contributed by atoms with Gasteiger partial charge in [0.05, 0.1) is 5.56 Å².